The second kappa shape index (κ2) is 7.34. The molecule has 0 radical (unpaired) electrons. The Morgan fingerprint density at radius 3 is 2.40 bits per heavy atom. The van der Waals surface area contributed by atoms with Gasteiger partial charge in [-0.15, -0.1) is 12.4 Å². The van der Waals surface area contributed by atoms with Crippen molar-refractivity contribution >= 4 is 12.4 Å². The summed E-state index contributed by atoms with van der Waals surface area (Å²) >= 11 is 0. The van der Waals surface area contributed by atoms with Crippen molar-refractivity contribution in [3.63, 3.8) is 0 Å². The molecule has 0 atom stereocenters. The number of hydrogen-bond acceptors (Lipinski definition) is 5. The Kier molecular flexibility index (Phi) is 5.79. The number of nitrogens with two attached hydrogens (primary N) is 1. The van der Waals surface area contributed by atoms with Crippen molar-refractivity contribution in [1.29, 1.82) is 0 Å². The van der Waals surface area contributed by atoms with Crippen LogP contribution in [-0.2, 0) is 11.0 Å². The molecular formula is C19H28ClN3O2. The van der Waals surface area contributed by atoms with E-state index in [1.807, 2.05) is 12.1 Å². The standard InChI is InChI=1S/C19H27N3O2.ClH/c1-13(2)12-23-15-8-6-14(7-9-15)18(3,4)17-21-16(22-24-17)19(20)10-5-11-19;/h6-9,13H,5,10-12,20H2,1-4H3;1H. The summed E-state index contributed by atoms with van der Waals surface area (Å²) in [5, 5.41) is 4.13. The first kappa shape index (κ1) is 19.7. The van der Waals surface area contributed by atoms with E-state index in [9.17, 15) is 0 Å². The zero-order valence-electron chi connectivity index (χ0n) is 15.4. The molecule has 1 saturated carbocycles. The second-order valence-electron chi connectivity index (χ2n) is 7.79. The number of benzene rings is 1. The minimum Gasteiger partial charge on any atom is -0.493 e. The lowest BCUT2D eigenvalue weighted by atomic mass is 9.77. The molecule has 0 amide bonds. The van der Waals surface area contributed by atoms with Crippen LogP contribution in [0.25, 0.3) is 0 Å². The van der Waals surface area contributed by atoms with Gasteiger partial charge in [0.15, 0.2) is 5.82 Å². The summed E-state index contributed by atoms with van der Waals surface area (Å²) in [6.45, 7) is 9.15. The Balaban J connectivity index is 0.00000225. The quantitative estimate of drug-likeness (QED) is 0.830. The largest absolute Gasteiger partial charge is 0.493 e. The molecule has 0 aliphatic heterocycles. The van der Waals surface area contributed by atoms with Crippen LogP contribution < -0.4 is 10.5 Å². The maximum atomic E-state index is 6.30. The molecule has 6 heteroatoms. The van der Waals surface area contributed by atoms with Crippen molar-refractivity contribution in [3.8, 4) is 5.75 Å². The van der Waals surface area contributed by atoms with Crippen LogP contribution in [0.15, 0.2) is 28.8 Å². The van der Waals surface area contributed by atoms with E-state index in [1.54, 1.807) is 0 Å². The van der Waals surface area contributed by atoms with Crippen molar-refractivity contribution < 1.29 is 9.26 Å². The molecule has 0 saturated heterocycles. The van der Waals surface area contributed by atoms with Crippen molar-refractivity contribution in [3.05, 3.63) is 41.5 Å². The highest BCUT2D eigenvalue weighted by molar-refractivity contribution is 5.85. The van der Waals surface area contributed by atoms with Crippen molar-refractivity contribution in [2.45, 2.75) is 57.9 Å². The first-order chi connectivity index (χ1) is 11.3. The van der Waals surface area contributed by atoms with Crippen molar-refractivity contribution in [2.75, 3.05) is 6.61 Å². The van der Waals surface area contributed by atoms with Crippen LogP contribution >= 0.6 is 12.4 Å². The van der Waals surface area contributed by atoms with E-state index in [0.717, 1.165) is 30.6 Å². The summed E-state index contributed by atoms with van der Waals surface area (Å²) in [6.07, 6.45) is 2.98. The maximum absolute atomic E-state index is 6.30. The molecule has 1 aromatic heterocycles. The first-order valence-corrected chi connectivity index (χ1v) is 8.68. The Morgan fingerprint density at radius 1 is 1.24 bits per heavy atom. The van der Waals surface area contributed by atoms with Gasteiger partial charge in [-0.2, -0.15) is 4.98 Å². The Labute approximate surface area is 155 Å². The van der Waals surface area contributed by atoms with Gasteiger partial charge in [0, 0.05) is 0 Å². The number of hydrogen-bond donors (Lipinski definition) is 1. The van der Waals surface area contributed by atoms with Gasteiger partial charge in [-0.3, -0.25) is 0 Å². The van der Waals surface area contributed by atoms with Gasteiger partial charge in [-0.25, -0.2) is 0 Å². The number of nitrogens with zero attached hydrogens (tertiary/aromatic N) is 2. The molecule has 1 aromatic carbocycles. The third-order valence-electron chi connectivity index (χ3n) is 4.81. The molecule has 0 bridgehead atoms. The third kappa shape index (κ3) is 3.98. The topological polar surface area (TPSA) is 74.2 Å². The summed E-state index contributed by atoms with van der Waals surface area (Å²) in [4.78, 5) is 4.60. The number of aromatic nitrogens is 2. The highest BCUT2D eigenvalue weighted by atomic mass is 35.5. The van der Waals surface area contributed by atoms with Gasteiger partial charge >= 0.3 is 0 Å². The number of rotatable bonds is 6. The molecule has 0 spiro atoms. The third-order valence-corrected chi connectivity index (χ3v) is 4.81. The molecule has 2 aromatic rings. The molecule has 138 valence electrons. The fourth-order valence-corrected chi connectivity index (χ4v) is 2.82. The van der Waals surface area contributed by atoms with Crippen molar-refractivity contribution in [2.24, 2.45) is 11.7 Å². The van der Waals surface area contributed by atoms with E-state index < -0.39 is 5.54 Å². The van der Waals surface area contributed by atoms with Crippen LogP contribution in [0.3, 0.4) is 0 Å². The molecule has 1 aliphatic carbocycles. The zero-order chi connectivity index (χ0) is 17.4. The molecular weight excluding hydrogens is 338 g/mol. The fourth-order valence-electron chi connectivity index (χ4n) is 2.82. The van der Waals surface area contributed by atoms with E-state index in [2.05, 4.69) is 50.0 Å². The van der Waals surface area contributed by atoms with Gasteiger partial charge < -0.3 is 15.0 Å². The minimum atomic E-state index is -0.396. The molecule has 1 aliphatic rings. The lowest BCUT2D eigenvalue weighted by Crippen LogP contribution is -2.44. The van der Waals surface area contributed by atoms with E-state index in [4.69, 9.17) is 15.0 Å². The van der Waals surface area contributed by atoms with Gasteiger partial charge in [-0.1, -0.05) is 31.1 Å². The van der Waals surface area contributed by atoms with Crippen LogP contribution in [0.5, 0.6) is 5.75 Å². The summed E-state index contributed by atoms with van der Waals surface area (Å²) in [5.41, 5.74) is 6.63. The zero-order valence-corrected chi connectivity index (χ0v) is 16.2. The van der Waals surface area contributed by atoms with Gasteiger partial charge in [0.25, 0.3) is 0 Å². The highest BCUT2D eigenvalue weighted by Crippen LogP contribution is 2.39. The van der Waals surface area contributed by atoms with Gasteiger partial charge in [0.2, 0.25) is 5.89 Å². The van der Waals surface area contributed by atoms with Gasteiger partial charge in [0.1, 0.15) is 5.75 Å². The first-order valence-electron chi connectivity index (χ1n) is 8.68. The summed E-state index contributed by atoms with van der Waals surface area (Å²) in [7, 11) is 0. The molecule has 3 rings (SSSR count). The molecule has 1 fully saturated rings. The predicted octanol–water partition coefficient (Wildman–Crippen LogP) is 4.19. The van der Waals surface area contributed by atoms with Crippen LogP contribution in [0, 0.1) is 5.92 Å². The predicted molar refractivity (Wildman–Crippen MR) is 100 cm³/mol. The molecule has 2 N–H and O–H groups in total. The smallest absolute Gasteiger partial charge is 0.236 e. The molecule has 25 heavy (non-hydrogen) atoms. The van der Waals surface area contributed by atoms with Gasteiger partial charge in [0.05, 0.1) is 17.6 Å². The molecule has 0 unspecified atom stereocenters. The Morgan fingerprint density at radius 2 is 1.88 bits per heavy atom. The van der Waals surface area contributed by atoms with E-state index in [-0.39, 0.29) is 17.8 Å². The second-order valence-corrected chi connectivity index (χ2v) is 7.79. The number of ether oxygens (including phenoxy) is 1. The van der Waals surface area contributed by atoms with E-state index >= 15 is 0 Å². The minimum absolute atomic E-state index is 0. The lowest BCUT2D eigenvalue weighted by molar-refractivity contribution is 0.228. The SMILES string of the molecule is CC(C)COc1ccc(C(C)(C)c2nc(C3(N)CCC3)no2)cc1.Cl. The normalized spacial score (nSPS) is 16.2. The number of halogens is 1. The fraction of sp³-hybridized carbons (Fsp3) is 0.579. The maximum Gasteiger partial charge on any atom is 0.236 e. The van der Waals surface area contributed by atoms with E-state index in [0.29, 0.717) is 24.2 Å². The molecule has 1 heterocycles. The Bertz CT molecular complexity index is 691. The Hall–Kier alpha value is -1.59. The van der Waals surface area contributed by atoms with Crippen LogP contribution in [0.4, 0.5) is 0 Å². The lowest BCUT2D eigenvalue weighted by Gasteiger charge is -2.34. The van der Waals surface area contributed by atoms with Crippen molar-refractivity contribution in [1.82, 2.24) is 10.1 Å². The monoisotopic (exact) mass is 365 g/mol. The average molecular weight is 366 g/mol. The van der Waals surface area contributed by atoms with Gasteiger partial charge in [-0.05, 0) is 56.7 Å². The average Bonchev–Trinajstić information content (AvgIpc) is 3.02. The highest BCUT2D eigenvalue weighted by Gasteiger charge is 2.40. The summed E-state index contributed by atoms with van der Waals surface area (Å²) < 4.78 is 11.3. The summed E-state index contributed by atoms with van der Waals surface area (Å²) in [5.74, 6) is 2.62. The van der Waals surface area contributed by atoms with E-state index in [1.165, 1.54) is 0 Å². The van der Waals surface area contributed by atoms with Crippen LogP contribution in [0.2, 0.25) is 0 Å². The summed E-state index contributed by atoms with van der Waals surface area (Å²) in [6, 6.07) is 8.10. The van der Waals surface area contributed by atoms with Crippen LogP contribution in [-0.4, -0.2) is 16.7 Å². The molecule has 5 nitrogen and oxygen atoms in total. The van der Waals surface area contributed by atoms with Crippen LogP contribution in [0.1, 0.15) is 64.2 Å².